The number of carbonyl (C=O) groups excluding carboxylic acids is 4. The molecule has 10 heteroatoms. The maximum Gasteiger partial charge on any atom is 0.339 e. The number of hydrogen-bond acceptors (Lipinski definition) is 10. The summed E-state index contributed by atoms with van der Waals surface area (Å²) in [6, 6.07) is 18.4. The van der Waals surface area contributed by atoms with E-state index in [-0.39, 0.29) is 0 Å². The van der Waals surface area contributed by atoms with Crippen LogP contribution in [0.1, 0.15) is 38.0 Å². The Morgan fingerprint density at radius 3 is 1.58 bits per heavy atom. The Morgan fingerprint density at radius 2 is 1.14 bits per heavy atom. The average molecular weight is 501 g/mol. The Labute approximate surface area is 208 Å². The minimum absolute atomic E-state index is 0.725. The van der Waals surface area contributed by atoms with Crippen molar-refractivity contribution in [2.75, 3.05) is 7.11 Å². The van der Waals surface area contributed by atoms with Crippen molar-refractivity contribution in [3.8, 4) is 0 Å². The van der Waals surface area contributed by atoms with Gasteiger partial charge in [-0.15, -0.1) is 0 Å². The van der Waals surface area contributed by atoms with Crippen molar-refractivity contribution in [3.05, 3.63) is 71.8 Å². The summed E-state index contributed by atoms with van der Waals surface area (Å²) in [5.74, 6) is -3.17. The van der Waals surface area contributed by atoms with Crippen LogP contribution in [-0.2, 0) is 47.6 Å². The number of esters is 4. The van der Waals surface area contributed by atoms with Gasteiger partial charge in [-0.2, -0.15) is 0 Å². The molecule has 0 unspecified atom stereocenters. The van der Waals surface area contributed by atoms with Crippen LogP contribution in [0, 0.1) is 0 Å². The lowest BCUT2D eigenvalue weighted by molar-refractivity contribution is -0.308. The maximum atomic E-state index is 12.6. The first-order chi connectivity index (χ1) is 17.2. The second-order valence-electron chi connectivity index (χ2n) is 8.01. The van der Waals surface area contributed by atoms with Crippen molar-refractivity contribution in [3.63, 3.8) is 0 Å². The first-order valence-electron chi connectivity index (χ1n) is 11.2. The normalized spacial score (nSPS) is 23.4. The monoisotopic (exact) mass is 500 g/mol. The van der Waals surface area contributed by atoms with Gasteiger partial charge in [-0.1, -0.05) is 60.7 Å². The van der Waals surface area contributed by atoms with E-state index >= 15 is 0 Å². The quantitative estimate of drug-likeness (QED) is 0.394. The van der Waals surface area contributed by atoms with Gasteiger partial charge in [-0.3, -0.25) is 14.4 Å². The second-order valence-corrected chi connectivity index (χ2v) is 8.01. The van der Waals surface area contributed by atoms with Gasteiger partial charge in [0.1, 0.15) is 6.10 Å². The highest BCUT2D eigenvalue weighted by molar-refractivity contribution is 5.77. The molecule has 0 aliphatic carbocycles. The van der Waals surface area contributed by atoms with Crippen molar-refractivity contribution in [1.29, 1.82) is 0 Å². The van der Waals surface area contributed by atoms with Crippen LogP contribution in [0.5, 0.6) is 0 Å². The zero-order valence-corrected chi connectivity index (χ0v) is 20.3. The fraction of sp³-hybridized carbons (Fsp3) is 0.385. The van der Waals surface area contributed by atoms with E-state index in [2.05, 4.69) is 0 Å². The first-order valence-corrected chi connectivity index (χ1v) is 11.2. The molecule has 0 radical (unpaired) electrons. The molecular weight excluding hydrogens is 472 g/mol. The highest BCUT2D eigenvalue weighted by Crippen LogP contribution is 2.35. The molecule has 10 nitrogen and oxygen atoms in total. The van der Waals surface area contributed by atoms with Crippen molar-refractivity contribution in [2.24, 2.45) is 0 Å². The molecule has 192 valence electrons. The molecule has 0 N–H and O–H groups in total. The summed E-state index contributed by atoms with van der Waals surface area (Å²) in [4.78, 5) is 48.5. The minimum atomic E-state index is -1.53. The molecule has 0 amide bonds. The van der Waals surface area contributed by atoms with Crippen LogP contribution in [0.3, 0.4) is 0 Å². The third-order valence-electron chi connectivity index (χ3n) is 5.31. The Balaban J connectivity index is 2.08. The summed E-state index contributed by atoms with van der Waals surface area (Å²) in [5.41, 5.74) is 1.49. The minimum Gasteiger partial charge on any atom is -0.467 e. The van der Waals surface area contributed by atoms with Crippen LogP contribution in [0.15, 0.2) is 60.7 Å². The predicted octanol–water partition coefficient (Wildman–Crippen LogP) is 2.49. The Kier molecular flexibility index (Phi) is 9.15. The third-order valence-corrected chi connectivity index (χ3v) is 5.31. The predicted molar refractivity (Wildman–Crippen MR) is 123 cm³/mol. The summed E-state index contributed by atoms with van der Waals surface area (Å²) >= 11 is 0. The largest absolute Gasteiger partial charge is 0.467 e. The third kappa shape index (κ3) is 6.67. The lowest BCUT2D eigenvalue weighted by Gasteiger charge is -2.44. The van der Waals surface area contributed by atoms with Crippen molar-refractivity contribution < 1.29 is 47.6 Å². The summed E-state index contributed by atoms with van der Waals surface area (Å²) in [6.07, 6.45) is -7.95. The van der Waals surface area contributed by atoms with E-state index in [1.807, 2.05) is 60.7 Å². The summed E-state index contributed by atoms with van der Waals surface area (Å²) in [7, 11) is 1.13. The van der Waals surface area contributed by atoms with Gasteiger partial charge in [0.15, 0.2) is 24.4 Å². The molecule has 1 fully saturated rings. The molecule has 1 heterocycles. The fourth-order valence-electron chi connectivity index (χ4n) is 3.93. The topological polar surface area (TPSA) is 124 Å². The Bertz CT molecular complexity index is 1020. The average Bonchev–Trinajstić information content (AvgIpc) is 2.85. The van der Waals surface area contributed by atoms with Crippen LogP contribution >= 0.6 is 0 Å². The fourth-order valence-corrected chi connectivity index (χ4v) is 3.93. The van der Waals surface area contributed by atoms with Gasteiger partial charge in [-0.05, 0) is 11.1 Å². The maximum absolute atomic E-state index is 12.6. The van der Waals surface area contributed by atoms with Gasteiger partial charge in [-0.25, -0.2) is 4.79 Å². The van der Waals surface area contributed by atoms with Gasteiger partial charge in [0.05, 0.1) is 7.11 Å². The SMILES string of the molecule is COC(=O)[C@H]1O[C@H](OC(c2ccccc2)c2ccccc2)[C@H](OC(C)=O)[C@@H](OC(C)=O)[C@@H]1OC(C)=O. The van der Waals surface area contributed by atoms with Gasteiger partial charge in [0.2, 0.25) is 6.29 Å². The molecule has 1 aliphatic rings. The van der Waals surface area contributed by atoms with E-state index in [4.69, 9.17) is 28.4 Å². The van der Waals surface area contributed by atoms with Crippen LogP contribution in [0.4, 0.5) is 0 Å². The summed E-state index contributed by atoms with van der Waals surface area (Å²) < 4.78 is 33.2. The molecule has 0 bridgehead atoms. The highest BCUT2D eigenvalue weighted by Gasteiger charge is 2.55. The van der Waals surface area contributed by atoms with E-state index in [0.717, 1.165) is 39.0 Å². The van der Waals surface area contributed by atoms with E-state index in [9.17, 15) is 19.2 Å². The van der Waals surface area contributed by atoms with E-state index < -0.39 is 60.7 Å². The first kappa shape index (κ1) is 26.8. The van der Waals surface area contributed by atoms with E-state index in [1.165, 1.54) is 0 Å². The number of carbonyl (C=O) groups is 4. The van der Waals surface area contributed by atoms with E-state index in [1.54, 1.807) is 0 Å². The van der Waals surface area contributed by atoms with Crippen LogP contribution < -0.4 is 0 Å². The molecule has 0 spiro atoms. The molecule has 1 aliphatic heterocycles. The summed E-state index contributed by atoms with van der Waals surface area (Å²) in [6.45, 7) is 3.40. The van der Waals surface area contributed by atoms with Crippen LogP contribution in [0.25, 0.3) is 0 Å². The number of benzene rings is 2. The molecule has 0 aromatic heterocycles. The molecular formula is C26H28O10. The van der Waals surface area contributed by atoms with Gasteiger partial charge >= 0.3 is 23.9 Å². The molecule has 5 atom stereocenters. The molecule has 0 saturated carbocycles. The Hall–Kier alpha value is -3.76. The number of ether oxygens (including phenoxy) is 6. The second kappa shape index (κ2) is 12.3. The number of hydrogen-bond donors (Lipinski definition) is 0. The molecule has 2 aromatic carbocycles. The molecule has 3 rings (SSSR count). The van der Waals surface area contributed by atoms with E-state index in [0.29, 0.717) is 0 Å². The van der Waals surface area contributed by atoms with Crippen LogP contribution in [-0.4, -0.2) is 61.7 Å². The van der Waals surface area contributed by atoms with Gasteiger partial charge in [0.25, 0.3) is 0 Å². The highest BCUT2D eigenvalue weighted by atomic mass is 16.7. The molecule has 1 saturated heterocycles. The van der Waals surface area contributed by atoms with Crippen LogP contribution in [0.2, 0.25) is 0 Å². The van der Waals surface area contributed by atoms with Crippen molar-refractivity contribution in [1.82, 2.24) is 0 Å². The Morgan fingerprint density at radius 1 is 0.694 bits per heavy atom. The van der Waals surface area contributed by atoms with Crippen molar-refractivity contribution >= 4 is 23.9 Å². The van der Waals surface area contributed by atoms with Gasteiger partial charge < -0.3 is 28.4 Å². The zero-order valence-electron chi connectivity index (χ0n) is 20.3. The number of rotatable bonds is 8. The summed E-state index contributed by atoms with van der Waals surface area (Å²) in [5, 5.41) is 0. The molecule has 36 heavy (non-hydrogen) atoms. The smallest absolute Gasteiger partial charge is 0.339 e. The molecule has 2 aromatic rings. The van der Waals surface area contributed by atoms with Gasteiger partial charge in [0, 0.05) is 20.8 Å². The lowest BCUT2D eigenvalue weighted by atomic mass is 9.96. The zero-order chi connectivity index (χ0) is 26.2. The standard InChI is InChI=1S/C26H28O10/c1-15(27)32-21-22(33-16(2)28)24(34-17(3)29)26(36-23(21)25(30)31-4)35-20(18-11-7-5-8-12-18)19-13-9-6-10-14-19/h5-14,20-24,26H,1-4H3/t21-,22-,23-,24+,26-/m0/s1. The van der Waals surface area contributed by atoms with Crippen molar-refractivity contribution in [2.45, 2.75) is 57.6 Å². The number of methoxy groups -OCH3 is 1. The lowest BCUT2D eigenvalue weighted by Crippen LogP contribution is -2.64.